The summed E-state index contributed by atoms with van der Waals surface area (Å²) in [5.74, 6) is 1.89. The molecule has 1 aliphatic rings. The van der Waals surface area contributed by atoms with E-state index in [4.69, 9.17) is 13.9 Å². The van der Waals surface area contributed by atoms with Gasteiger partial charge >= 0.3 is 0 Å². The quantitative estimate of drug-likeness (QED) is 0.270. The summed E-state index contributed by atoms with van der Waals surface area (Å²) in [5.41, 5.74) is 1.66. The summed E-state index contributed by atoms with van der Waals surface area (Å²) < 4.78 is 30.0. The molecule has 1 saturated heterocycles. The molecule has 1 aliphatic heterocycles. The minimum absolute atomic E-state index is 0. The van der Waals surface area contributed by atoms with E-state index in [1.807, 2.05) is 6.92 Å². The summed E-state index contributed by atoms with van der Waals surface area (Å²) in [6, 6.07) is 4.60. The molecule has 156 valence electrons. The van der Waals surface area contributed by atoms with Gasteiger partial charge in [0.1, 0.15) is 17.2 Å². The van der Waals surface area contributed by atoms with Crippen molar-refractivity contribution in [1.82, 2.24) is 10.2 Å². The smallest absolute Gasteiger partial charge is 0.194 e. The number of nitrogens with one attached hydrogen (secondary N) is 1. The molecule has 28 heavy (non-hydrogen) atoms. The Morgan fingerprint density at radius 2 is 2.21 bits per heavy atom. The monoisotopic (exact) mass is 505 g/mol. The van der Waals surface area contributed by atoms with Crippen molar-refractivity contribution < 1.29 is 18.3 Å². The summed E-state index contributed by atoms with van der Waals surface area (Å²) in [6.45, 7) is 6.32. The zero-order chi connectivity index (χ0) is 19.2. The van der Waals surface area contributed by atoms with E-state index in [1.165, 1.54) is 12.1 Å². The zero-order valence-corrected chi connectivity index (χ0v) is 19.0. The van der Waals surface area contributed by atoms with Gasteiger partial charge in [-0.15, -0.1) is 24.0 Å². The molecule has 3 rings (SSSR count). The van der Waals surface area contributed by atoms with Gasteiger partial charge in [-0.3, -0.25) is 4.99 Å². The van der Waals surface area contributed by atoms with Gasteiger partial charge in [-0.25, -0.2) is 4.39 Å². The molecular formula is C20H29FIN3O3. The van der Waals surface area contributed by atoms with E-state index in [1.54, 1.807) is 20.2 Å². The van der Waals surface area contributed by atoms with Crippen molar-refractivity contribution in [3.63, 3.8) is 0 Å². The molecule has 0 amide bonds. The molecule has 0 spiro atoms. The molecule has 1 aromatic carbocycles. The molecule has 0 bridgehead atoms. The molecule has 1 N–H and O–H groups in total. The summed E-state index contributed by atoms with van der Waals surface area (Å²) in [5, 5.41) is 4.18. The number of furan rings is 1. The number of methoxy groups -OCH3 is 1. The van der Waals surface area contributed by atoms with Crippen LogP contribution in [0.2, 0.25) is 0 Å². The molecular weight excluding hydrogens is 476 g/mol. The molecule has 2 heterocycles. The summed E-state index contributed by atoms with van der Waals surface area (Å²) in [4.78, 5) is 6.63. The minimum Gasteiger partial charge on any atom is -0.459 e. The molecule has 1 unspecified atom stereocenters. The number of likely N-dealkylation sites (tertiary alicyclic amines) is 1. The SMILES string of the molecule is CN=C(NCc1oc2ccc(F)cc2c1C)N1CCC(COCCOC)C1.I. The van der Waals surface area contributed by atoms with Gasteiger partial charge < -0.3 is 24.1 Å². The zero-order valence-electron chi connectivity index (χ0n) is 16.7. The van der Waals surface area contributed by atoms with Crippen LogP contribution in [0.3, 0.4) is 0 Å². The van der Waals surface area contributed by atoms with Crippen molar-refractivity contribution in [2.24, 2.45) is 10.9 Å². The van der Waals surface area contributed by atoms with Crippen LogP contribution in [0, 0.1) is 18.7 Å². The first kappa shape index (κ1) is 22.9. The van der Waals surface area contributed by atoms with Gasteiger partial charge in [-0.05, 0) is 31.5 Å². The summed E-state index contributed by atoms with van der Waals surface area (Å²) >= 11 is 0. The molecule has 1 atom stereocenters. The maximum Gasteiger partial charge on any atom is 0.194 e. The third-order valence-corrected chi connectivity index (χ3v) is 4.99. The number of fused-ring (bicyclic) bond motifs is 1. The van der Waals surface area contributed by atoms with E-state index in [0.717, 1.165) is 48.8 Å². The number of aliphatic imine (C=N–C) groups is 1. The highest BCUT2D eigenvalue weighted by Crippen LogP contribution is 2.26. The number of hydrogen-bond acceptors (Lipinski definition) is 4. The molecule has 1 fully saturated rings. The van der Waals surface area contributed by atoms with Crippen LogP contribution in [-0.4, -0.2) is 57.9 Å². The van der Waals surface area contributed by atoms with Crippen LogP contribution in [-0.2, 0) is 16.0 Å². The Balaban J connectivity index is 0.00000280. The number of halogens is 2. The van der Waals surface area contributed by atoms with Crippen LogP contribution >= 0.6 is 24.0 Å². The Hall–Kier alpha value is -1.39. The predicted octanol–water partition coefficient (Wildman–Crippen LogP) is 3.56. The first-order chi connectivity index (χ1) is 13.1. The van der Waals surface area contributed by atoms with Crippen LogP contribution < -0.4 is 5.32 Å². The Bertz CT molecular complexity index is 796. The number of guanidine groups is 1. The van der Waals surface area contributed by atoms with Crippen molar-refractivity contribution in [3.05, 3.63) is 35.3 Å². The Labute approximate surface area is 182 Å². The fourth-order valence-corrected chi connectivity index (χ4v) is 3.46. The molecule has 2 aromatic rings. The van der Waals surface area contributed by atoms with E-state index >= 15 is 0 Å². The average molecular weight is 505 g/mol. The maximum absolute atomic E-state index is 13.5. The van der Waals surface area contributed by atoms with E-state index < -0.39 is 0 Å². The van der Waals surface area contributed by atoms with E-state index in [2.05, 4.69) is 15.2 Å². The first-order valence-corrected chi connectivity index (χ1v) is 9.32. The van der Waals surface area contributed by atoms with Crippen LogP contribution in [0.5, 0.6) is 0 Å². The normalized spacial score (nSPS) is 17.2. The molecule has 8 heteroatoms. The van der Waals surface area contributed by atoms with Gasteiger partial charge in [0.25, 0.3) is 0 Å². The third kappa shape index (κ3) is 5.57. The number of aryl methyl sites for hydroxylation is 1. The lowest BCUT2D eigenvalue weighted by molar-refractivity contribution is 0.0536. The highest BCUT2D eigenvalue weighted by Gasteiger charge is 2.25. The van der Waals surface area contributed by atoms with Crippen molar-refractivity contribution in [2.45, 2.75) is 19.9 Å². The number of rotatable bonds is 7. The van der Waals surface area contributed by atoms with Gasteiger partial charge in [-0.2, -0.15) is 0 Å². The predicted molar refractivity (Wildman–Crippen MR) is 119 cm³/mol. The van der Waals surface area contributed by atoms with E-state index in [0.29, 0.717) is 31.3 Å². The fraction of sp³-hybridized carbons (Fsp3) is 0.550. The summed E-state index contributed by atoms with van der Waals surface area (Å²) in [7, 11) is 3.46. The number of nitrogens with zero attached hydrogens (tertiary/aromatic N) is 2. The van der Waals surface area contributed by atoms with Crippen LogP contribution in [0.4, 0.5) is 4.39 Å². The second-order valence-corrected chi connectivity index (χ2v) is 6.86. The van der Waals surface area contributed by atoms with Gasteiger partial charge in [-0.1, -0.05) is 0 Å². The number of hydrogen-bond donors (Lipinski definition) is 1. The second kappa shape index (κ2) is 11.0. The highest BCUT2D eigenvalue weighted by atomic mass is 127. The standard InChI is InChI=1S/C20H28FN3O3.HI/c1-14-17-10-16(21)4-5-18(17)27-19(14)11-23-20(22-2)24-7-6-15(12-24)13-26-9-8-25-3;/h4-5,10,15H,6-9,11-13H2,1-3H3,(H,22,23);1H. The van der Waals surface area contributed by atoms with Crippen molar-refractivity contribution in [2.75, 3.05) is 47.1 Å². The lowest BCUT2D eigenvalue weighted by Crippen LogP contribution is -2.39. The first-order valence-electron chi connectivity index (χ1n) is 9.32. The number of benzene rings is 1. The van der Waals surface area contributed by atoms with Crippen molar-refractivity contribution in [1.29, 1.82) is 0 Å². The van der Waals surface area contributed by atoms with Gasteiger partial charge in [0.05, 0.1) is 26.4 Å². The average Bonchev–Trinajstić information content (AvgIpc) is 3.25. The van der Waals surface area contributed by atoms with E-state index in [-0.39, 0.29) is 29.8 Å². The lowest BCUT2D eigenvalue weighted by atomic mass is 10.1. The van der Waals surface area contributed by atoms with Crippen molar-refractivity contribution >= 4 is 40.9 Å². The fourth-order valence-electron chi connectivity index (χ4n) is 3.46. The molecule has 0 saturated carbocycles. The largest absolute Gasteiger partial charge is 0.459 e. The Kier molecular flexibility index (Phi) is 8.97. The molecule has 0 radical (unpaired) electrons. The van der Waals surface area contributed by atoms with Crippen LogP contribution in [0.15, 0.2) is 27.6 Å². The van der Waals surface area contributed by atoms with Gasteiger partial charge in [0.2, 0.25) is 0 Å². The maximum atomic E-state index is 13.5. The lowest BCUT2D eigenvalue weighted by Gasteiger charge is -2.21. The van der Waals surface area contributed by atoms with Crippen LogP contribution in [0.25, 0.3) is 11.0 Å². The Morgan fingerprint density at radius 3 is 2.96 bits per heavy atom. The summed E-state index contributed by atoms with van der Waals surface area (Å²) in [6.07, 6.45) is 1.08. The van der Waals surface area contributed by atoms with Crippen molar-refractivity contribution in [3.8, 4) is 0 Å². The van der Waals surface area contributed by atoms with E-state index in [9.17, 15) is 4.39 Å². The Morgan fingerprint density at radius 1 is 1.39 bits per heavy atom. The third-order valence-electron chi connectivity index (χ3n) is 4.99. The molecule has 6 nitrogen and oxygen atoms in total. The topological polar surface area (TPSA) is 59.2 Å². The number of ether oxygens (including phenoxy) is 2. The molecule has 1 aromatic heterocycles. The van der Waals surface area contributed by atoms with Gasteiger partial charge in [0, 0.05) is 44.1 Å². The highest BCUT2D eigenvalue weighted by molar-refractivity contribution is 14.0. The molecule has 0 aliphatic carbocycles. The van der Waals surface area contributed by atoms with Gasteiger partial charge in [0.15, 0.2) is 5.96 Å². The minimum atomic E-state index is -0.252. The van der Waals surface area contributed by atoms with Crippen LogP contribution in [0.1, 0.15) is 17.7 Å². The second-order valence-electron chi connectivity index (χ2n) is 6.86.